The molecule has 270 valence electrons. The van der Waals surface area contributed by atoms with Crippen LogP contribution >= 0.6 is 0 Å². The molecule has 1 heteroatoms. The van der Waals surface area contributed by atoms with E-state index in [0.29, 0.717) is 0 Å². The quantitative estimate of drug-likeness (QED) is 0.165. The van der Waals surface area contributed by atoms with Gasteiger partial charge in [0.05, 0.1) is 0 Å². The van der Waals surface area contributed by atoms with Crippen molar-refractivity contribution in [2.75, 3.05) is 0 Å². The summed E-state index contributed by atoms with van der Waals surface area (Å²) in [6.07, 6.45) is 21.1. The molecule has 0 saturated heterocycles. The molecule has 0 radical (unpaired) electrons. The summed E-state index contributed by atoms with van der Waals surface area (Å²) in [7, 11) is 0. The van der Waals surface area contributed by atoms with Gasteiger partial charge < -0.3 is 4.42 Å². The van der Waals surface area contributed by atoms with E-state index in [2.05, 4.69) is 191 Å². The fraction of sp³-hybridized carbons (Fsp3) is 0.127. The standard InChI is InChI=1S/C55H44O/c1-36(27-30-43-32-42-31-40-33-49-44-21-15-16-26-51(44)56-52(49)35-41(40)34-50(42)55(43,2)3)53-45-22-11-13-24-47(45)54(48-25-14-12-23-46(48)53)39-20-8-5-4-7-19-38(28-29-39)37-17-9-6-10-18-37/h4-18,21-31,33-35H,19-20,32H2,1-3H3/b7-4-,8-5-,36-27+,38-28+,39-29+,43-30+. The number of allylic oxidation sites excluding steroid dienone is 12. The van der Waals surface area contributed by atoms with Gasteiger partial charge in [0.25, 0.3) is 0 Å². The van der Waals surface area contributed by atoms with Crippen LogP contribution in [0.5, 0.6) is 0 Å². The third kappa shape index (κ3) is 5.78. The molecule has 1 heterocycles. The van der Waals surface area contributed by atoms with Crippen LogP contribution in [0.2, 0.25) is 0 Å². The molecule has 10 rings (SSSR count). The molecule has 0 fully saturated rings. The molecular weight excluding hydrogens is 677 g/mol. The maximum Gasteiger partial charge on any atom is 0.136 e. The Hall–Kier alpha value is -6.44. The summed E-state index contributed by atoms with van der Waals surface area (Å²) in [6, 6.07) is 46.5. The van der Waals surface area contributed by atoms with Crippen molar-refractivity contribution in [1.82, 2.24) is 0 Å². The molecule has 1 nitrogen and oxygen atoms in total. The van der Waals surface area contributed by atoms with E-state index in [9.17, 15) is 0 Å². The second-order valence-corrected chi connectivity index (χ2v) is 16.0. The van der Waals surface area contributed by atoms with Crippen LogP contribution in [0.25, 0.3) is 71.0 Å². The SMILES string of the molecule is C/C(=C\C=C1/Cc2cc3cc4c(cc3cc2C1(C)C)oc1ccccc14)c1c2ccccc2c(/C2=C/C=C(/c3ccccc3)C/C=C\C=C/C2)c2ccccc12. The minimum atomic E-state index is -0.0891. The largest absolute Gasteiger partial charge is 0.456 e. The monoisotopic (exact) mass is 720 g/mol. The smallest absolute Gasteiger partial charge is 0.136 e. The van der Waals surface area contributed by atoms with E-state index in [0.717, 1.165) is 30.4 Å². The Morgan fingerprint density at radius 3 is 1.93 bits per heavy atom. The summed E-state index contributed by atoms with van der Waals surface area (Å²) in [5.74, 6) is 0. The minimum Gasteiger partial charge on any atom is -0.456 e. The first-order valence-corrected chi connectivity index (χ1v) is 19.9. The molecule has 0 N–H and O–H groups in total. The molecule has 0 spiro atoms. The molecule has 2 aliphatic carbocycles. The number of furan rings is 1. The van der Waals surface area contributed by atoms with E-state index >= 15 is 0 Å². The van der Waals surface area contributed by atoms with Crippen molar-refractivity contribution in [2.45, 2.75) is 45.4 Å². The van der Waals surface area contributed by atoms with Crippen LogP contribution in [0.15, 0.2) is 186 Å². The van der Waals surface area contributed by atoms with Crippen LogP contribution in [-0.2, 0) is 11.8 Å². The lowest BCUT2D eigenvalue weighted by Gasteiger charge is -2.22. The zero-order chi connectivity index (χ0) is 37.8. The highest BCUT2D eigenvalue weighted by atomic mass is 16.3. The molecule has 0 unspecified atom stereocenters. The minimum absolute atomic E-state index is 0.0891. The summed E-state index contributed by atoms with van der Waals surface area (Å²) in [5, 5.41) is 10.0. The van der Waals surface area contributed by atoms with E-state index in [4.69, 9.17) is 4.42 Å². The molecule has 0 atom stereocenters. The van der Waals surface area contributed by atoms with E-state index in [1.807, 2.05) is 6.07 Å². The van der Waals surface area contributed by atoms with Crippen LogP contribution in [0.3, 0.4) is 0 Å². The number of hydrogen-bond acceptors (Lipinski definition) is 1. The Morgan fingerprint density at radius 2 is 1.20 bits per heavy atom. The van der Waals surface area contributed by atoms with Gasteiger partial charge in [-0.15, -0.1) is 0 Å². The predicted molar refractivity (Wildman–Crippen MR) is 241 cm³/mol. The first-order valence-electron chi connectivity index (χ1n) is 19.9. The number of hydrogen-bond donors (Lipinski definition) is 0. The molecule has 0 amide bonds. The van der Waals surface area contributed by atoms with Crippen LogP contribution in [0.1, 0.15) is 61.4 Å². The molecule has 8 aromatic rings. The van der Waals surface area contributed by atoms with Gasteiger partial charge in [-0.05, 0) is 127 Å². The Bertz CT molecular complexity index is 3000. The highest BCUT2D eigenvalue weighted by Crippen LogP contribution is 2.46. The lowest BCUT2D eigenvalue weighted by atomic mass is 9.81. The van der Waals surface area contributed by atoms with E-state index < -0.39 is 0 Å². The molecule has 0 saturated carbocycles. The second-order valence-electron chi connectivity index (χ2n) is 16.0. The zero-order valence-corrected chi connectivity index (χ0v) is 32.3. The Morgan fingerprint density at radius 1 is 0.589 bits per heavy atom. The van der Waals surface area contributed by atoms with Gasteiger partial charge in [0.2, 0.25) is 0 Å². The zero-order valence-electron chi connectivity index (χ0n) is 32.3. The number of benzene rings is 7. The van der Waals surface area contributed by atoms with Crippen LogP contribution in [0, 0.1) is 0 Å². The van der Waals surface area contributed by atoms with E-state index in [1.165, 1.54) is 93.2 Å². The molecule has 0 bridgehead atoms. The number of fused-ring (bicyclic) bond motifs is 7. The van der Waals surface area contributed by atoms with Crippen molar-refractivity contribution in [3.63, 3.8) is 0 Å². The fourth-order valence-corrected chi connectivity index (χ4v) is 9.31. The van der Waals surface area contributed by atoms with Crippen molar-refractivity contribution in [3.05, 3.63) is 209 Å². The van der Waals surface area contributed by atoms with Crippen molar-refractivity contribution in [1.29, 1.82) is 0 Å². The Kier molecular flexibility index (Phi) is 8.33. The van der Waals surface area contributed by atoms with Gasteiger partial charge >= 0.3 is 0 Å². The molecule has 2 aliphatic rings. The third-order valence-corrected chi connectivity index (χ3v) is 12.3. The van der Waals surface area contributed by atoms with Gasteiger partial charge in [-0.25, -0.2) is 0 Å². The average molecular weight is 721 g/mol. The molecule has 7 aromatic carbocycles. The molecule has 56 heavy (non-hydrogen) atoms. The first kappa shape index (κ1) is 34.1. The van der Waals surface area contributed by atoms with Crippen molar-refractivity contribution < 1.29 is 4.42 Å². The van der Waals surface area contributed by atoms with Crippen molar-refractivity contribution in [3.8, 4) is 0 Å². The van der Waals surface area contributed by atoms with Crippen LogP contribution in [0.4, 0.5) is 0 Å². The Labute approximate surface area is 329 Å². The summed E-state index contributed by atoms with van der Waals surface area (Å²) in [5.41, 5.74) is 13.9. The maximum atomic E-state index is 6.27. The average Bonchev–Trinajstić information content (AvgIpc) is 3.71. The normalized spacial score (nSPS) is 19.6. The van der Waals surface area contributed by atoms with Crippen molar-refractivity contribution >= 4 is 71.0 Å². The lowest BCUT2D eigenvalue weighted by molar-refractivity contribution is 0.645. The molecular formula is C55H44O. The summed E-state index contributed by atoms with van der Waals surface area (Å²) in [4.78, 5) is 0. The Balaban J connectivity index is 1.07. The van der Waals surface area contributed by atoms with Gasteiger partial charge in [-0.1, -0.05) is 171 Å². The van der Waals surface area contributed by atoms with E-state index in [-0.39, 0.29) is 5.41 Å². The molecule has 1 aromatic heterocycles. The number of para-hydroxylation sites is 1. The highest BCUT2D eigenvalue weighted by molar-refractivity contribution is 6.16. The van der Waals surface area contributed by atoms with Gasteiger partial charge in [0.15, 0.2) is 0 Å². The maximum absolute atomic E-state index is 6.27. The topological polar surface area (TPSA) is 13.1 Å². The third-order valence-electron chi connectivity index (χ3n) is 12.3. The van der Waals surface area contributed by atoms with Gasteiger partial charge in [-0.3, -0.25) is 0 Å². The molecule has 0 aliphatic heterocycles. The highest BCUT2D eigenvalue weighted by Gasteiger charge is 2.34. The van der Waals surface area contributed by atoms with Gasteiger partial charge in [-0.2, -0.15) is 0 Å². The lowest BCUT2D eigenvalue weighted by Crippen LogP contribution is -2.15. The van der Waals surface area contributed by atoms with Gasteiger partial charge in [0, 0.05) is 16.2 Å². The summed E-state index contributed by atoms with van der Waals surface area (Å²) in [6.45, 7) is 7.06. The second kappa shape index (κ2) is 13.7. The van der Waals surface area contributed by atoms with Gasteiger partial charge in [0.1, 0.15) is 11.2 Å². The summed E-state index contributed by atoms with van der Waals surface area (Å²) >= 11 is 0. The van der Waals surface area contributed by atoms with Crippen molar-refractivity contribution in [2.24, 2.45) is 0 Å². The summed E-state index contributed by atoms with van der Waals surface area (Å²) < 4.78 is 6.27. The number of rotatable bonds is 4. The van der Waals surface area contributed by atoms with Crippen LogP contribution < -0.4 is 0 Å². The first-order chi connectivity index (χ1) is 27.4. The predicted octanol–water partition coefficient (Wildman–Crippen LogP) is 15.3. The van der Waals surface area contributed by atoms with Crippen LogP contribution in [-0.4, -0.2) is 0 Å². The fourth-order valence-electron chi connectivity index (χ4n) is 9.31. The van der Waals surface area contributed by atoms with E-state index in [1.54, 1.807) is 0 Å².